The molecule has 0 amide bonds. The van der Waals surface area contributed by atoms with Crippen molar-refractivity contribution >= 4 is 17.0 Å². The zero-order valence-corrected chi connectivity index (χ0v) is 11.0. The van der Waals surface area contributed by atoms with Gasteiger partial charge in [0, 0.05) is 6.54 Å². The summed E-state index contributed by atoms with van der Waals surface area (Å²) in [5.41, 5.74) is 2.76. The van der Waals surface area contributed by atoms with Gasteiger partial charge in [0.1, 0.15) is 5.82 Å². The first-order valence-electron chi connectivity index (χ1n) is 6.15. The van der Waals surface area contributed by atoms with Gasteiger partial charge in [0.05, 0.1) is 17.5 Å². The molecule has 0 saturated carbocycles. The fourth-order valence-corrected chi connectivity index (χ4v) is 2.18. The number of imidazole rings is 1. The molecule has 0 unspecified atom stereocenters. The van der Waals surface area contributed by atoms with Crippen molar-refractivity contribution in [2.24, 2.45) is 5.92 Å². The van der Waals surface area contributed by atoms with Crippen LogP contribution < -0.4 is 0 Å². The molecule has 0 aliphatic rings. The maximum atomic E-state index is 10.7. The summed E-state index contributed by atoms with van der Waals surface area (Å²) in [5, 5.41) is 8.79. The summed E-state index contributed by atoms with van der Waals surface area (Å²) in [6, 6.07) is 5.71. The van der Waals surface area contributed by atoms with Crippen LogP contribution in [0.5, 0.6) is 0 Å². The van der Waals surface area contributed by atoms with E-state index in [1.807, 2.05) is 25.1 Å². The van der Waals surface area contributed by atoms with Crippen molar-refractivity contribution in [2.75, 3.05) is 0 Å². The van der Waals surface area contributed by atoms with E-state index in [0.29, 0.717) is 5.92 Å². The first-order chi connectivity index (χ1) is 8.47. The molecule has 1 heterocycles. The van der Waals surface area contributed by atoms with Crippen molar-refractivity contribution in [3.8, 4) is 0 Å². The molecule has 0 fully saturated rings. The third-order valence-electron chi connectivity index (χ3n) is 2.91. The highest BCUT2D eigenvalue weighted by molar-refractivity contribution is 5.79. The van der Waals surface area contributed by atoms with Gasteiger partial charge in [0.25, 0.3) is 0 Å². The van der Waals surface area contributed by atoms with E-state index < -0.39 is 5.97 Å². The maximum Gasteiger partial charge on any atom is 0.307 e. The van der Waals surface area contributed by atoms with Gasteiger partial charge in [-0.2, -0.15) is 0 Å². The lowest BCUT2D eigenvalue weighted by Gasteiger charge is -2.09. The Bertz CT molecular complexity index is 585. The molecule has 0 atom stereocenters. The van der Waals surface area contributed by atoms with E-state index in [4.69, 9.17) is 5.11 Å². The molecule has 0 spiro atoms. The summed E-state index contributed by atoms with van der Waals surface area (Å²) < 4.78 is 2.19. The number of carboxylic acids is 1. The van der Waals surface area contributed by atoms with Gasteiger partial charge in [-0.15, -0.1) is 0 Å². The van der Waals surface area contributed by atoms with Gasteiger partial charge in [-0.05, 0) is 30.5 Å². The van der Waals surface area contributed by atoms with Crippen molar-refractivity contribution < 1.29 is 9.90 Å². The fraction of sp³-hybridized carbons (Fsp3) is 0.429. The summed E-state index contributed by atoms with van der Waals surface area (Å²) in [5.74, 6) is 0.721. The van der Waals surface area contributed by atoms with Crippen molar-refractivity contribution in [1.29, 1.82) is 0 Å². The molecular weight excluding hydrogens is 228 g/mol. The van der Waals surface area contributed by atoms with E-state index in [0.717, 1.165) is 29.0 Å². The number of hydrogen-bond donors (Lipinski definition) is 1. The first kappa shape index (κ1) is 12.6. The Morgan fingerprint density at radius 2 is 2.17 bits per heavy atom. The second-order valence-electron chi connectivity index (χ2n) is 5.06. The third kappa shape index (κ3) is 2.53. The van der Waals surface area contributed by atoms with Crippen LogP contribution in [0.25, 0.3) is 11.0 Å². The molecule has 18 heavy (non-hydrogen) atoms. The lowest BCUT2D eigenvalue weighted by Crippen LogP contribution is -2.06. The van der Waals surface area contributed by atoms with Crippen LogP contribution in [0, 0.1) is 12.8 Å². The highest BCUT2D eigenvalue weighted by atomic mass is 16.4. The number of fused-ring (bicyclic) bond motifs is 1. The summed E-state index contributed by atoms with van der Waals surface area (Å²) >= 11 is 0. The topological polar surface area (TPSA) is 55.1 Å². The monoisotopic (exact) mass is 246 g/mol. The average Bonchev–Trinajstić information content (AvgIpc) is 2.53. The Balaban J connectivity index is 2.44. The fourth-order valence-electron chi connectivity index (χ4n) is 2.18. The van der Waals surface area contributed by atoms with Crippen LogP contribution in [0.2, 0.25) is 0 Å². The molecule has 0 saturated heterocycles. The highest BCUT2D eigenvalue weighted by Gasteiger charge is 2.10. The average molecular weight is 246 g/mol. The Hall–Kier alpha value is -1.84. The summed E-state index contributed by atoms with van der Waals surface area (Å²) in [6.07, 6.45) is 0.0476. The zero-order chi connectivity index (χ0) is 13.3. The minimum absolute atomic E-state index is 0.0476. The lowest BCUT2D eigenvalue weighted by molar-refractivity contribution is -0.136. The van der Waals surface area contributed by atoms with Crippen LogP contribution in [0.15, 0.2) is 18.2 Å². The number of aromatic nitrogens is 2. The number of hydrogen-bond acceptors (Lipinski definition) is 2. The van der Waals surface area contributed by atoms with Crippen molar-refractivity contribution in [2.45, 2.75) is 33.7 Å². The van der Waals surface area contributed by atoms with Gasteiger partial charge in [-0.25, -0.2) is 4.98 Å². The summed E-state index contributed by atoms with van der Waals surface area (Å²) in [4.78, 5) is 15.2. The zero-order valence-electron chi connectivity index (χ0n) is 11.0. The van der Waals surface area contributed by atoms with Crippen molar-refractivity contribution in [3.05, 3.63) is 29.6 Å². The molecule has 1 aromatic heterocycles. The SMILES string of the molecule is Cc1nc2cc(CC(=O)O)ccc2n1CC(C)C. The Kier molecular flexibility index (Phi) is 3.36. The van der Waals surface area contributed by atoms with Crippen LogP contribution in [-0.2, 0) is 17.8 Å². The molecule has 1 aromatic carbocycles. The standard InChI is InChI=1S/C14H18N2O2/c1-9(2)8-16-10(3)15-12-6-11(7-14(17)18)4-5-13(12)16/h4-6,9H,7-8H2,1-3H3,(H,17,18). The predicted molar refractivity (Wildman–Crippen MR) is 70.6 cm³/mol. The quantitative estimate of drug-likeness (QED) is 0.902. The summed E-state index contributed by atoms with van der Waals surface area (Å²) in [7, 11) is 0. The molecule has 2 aromatic rings. The molecule has 96 valence electrons. The smallest absolute Gasteiger partial charge is 0.307 e. The van der Waals surface area contributed by atoms with Crippen LogP contribution in [-0.4, -0.2) is 20.6 Å². The van der Waals surface area contributed by atoms with Crippen LogP contribution in [0.1, 0.15) is 25.2 Å². The van der Waals surface area contributed by atoms with Gasteiger partial charge in [-0.1, -0.05) is 19.9 Å². The number of aliphatic carboxylic acids is 1. The highest BCUT2D eigenvalue weighted by Crippen LogP contribution is 2.19. The van der Waals surface area contributed by atoms with Gasteiger partial charge >= 0.3 is 5.97 Å². The van der Waals surface area contributed by atoms with E-state index >= 15 is 0 Å². The van der Waals surface area contributed by atoms with Crippen LogP contribution >= 0.6 is 0 Å². The third-order valence-corrected chi connectivity index (χ3v) is 2.91. The number of carbonyl (C=O) groups is 1. The molecule has 0 aliphatic heterocycles. The van der Waals surface area contributed by atoms with Crippen LogP contribution in [0.3, 0.4) is 0 Å². The van der Waals surface area contributed by atoms with Crippen molar-refractivity contribution in [3.63, 3.8) is 0 Å². The number of carboxylic acid groups (broad SMARTS) is 1. The second-order valence-corrected chi connectivity index (χ2v) is 5.06. The molecule has 0 aliphatic carbocycles. The number of aryl methyl sites for hydroxylation is 1. The van der Waals surface area contributed by atoms with Gasteiger partial charge < -0.3 is 9.67 Å². The Morgan fingerprint density at radius 3 is 2.78 bits per heavy atom. The van der Waals surface area contributed by atoms with E-state index in [1.165, 1.54) is 0 Å². The second kappa shape index (κ2) is 4.80. The molecule has 4 nitrogen and oxygen atoms in total. The van der Waals surface area contributed by atoms with E-state index in [-0.39, 0.29) is 6.42 Å². The van der Waals surface area contributed by atoms with Crippen LogP contribution in [0.4, 0.5) is 0 Å². The van der Waals surface area contributed by atoms with E-state index in [1.54, 1.807) is 0 Å². The number of benzene rings is 1. The maximum absolute atomic E-state index is 10.7. The Morgan fingerprint density at radius 1 is 1.44 bits per heavy atom. The minimum Gasteiger partial charge on any atom is -0.481 e. The van der Waals surface area contributed by atoms with Gasteiger partial charge in [0.15, 0.2) is 0 Å². The molecule has 1 N–H and O–H groups in total. The van der Waals surface area contributed by atoms with E-state index in [9.17, 15) is 4.79 Å². The van der Waals surface area contributed by atoms with Gasteiger partial charge in [-0.3, -0.25) is 4.79 Å². The van der Waals surface area contributed by atoms with Crippen molar-refractivity contribution in [1.82, 2.24) is 9.55 Å². The van der Waals surface area contributed by atoms with Gasteiger partial charge in [0.2, 0.25) is 0 Å². The first-order valence-corrected chi connectivity index (χ1v) is 6.15. The largest absolute Gasteiger partial charge is 0.481 e. The number of rotatable bonds is 4. The molecule has 0 bridgehead atoms. The predicted octanol–water partition coefficient (Wildman–Crippen LogP) is 2.63. The lowest BCUT2D eigenvalue weighted by atomic mass is 10.1. The minimum atomic E-state index is -0.812. The normalized spacial score (nSPS) is 11.3. The number of nitrogens with zero attached hydrogens (tertiary/aromatic N) is 2. The molecular formula is C14H18N2O2. The Labute approximate surface area is 106 Å². The summed E-state index contributed by atoms with van der Waals surface area (Å²) in [6.45, 7) is 7.26. The molecule has 0 radical (unpaired) electrons. The molecule has 2 rings (SSSR count). The molecule has 4 heteroatoms. The van der Waals surface area contributed by atoms with E-state index in [2.05, 4.69) is 23.4 Å².